The number of rotatable bonds is 6. The molecule has 2 unspecified atom stereocenters. The fraction of sp³-hybridized carbons (Fsp3) is 0.840. The van der Waals surface area contributed by atoms with Crippen LogP contribution in [0.25, 0.3) is 0 Å². The van der Waals surface area contributed by atoms with E-state index in [9.17, 15) is 18.4 Å². The van der Waals surface area contributed by atoms with Crippen molar-refractivity contribution in [3.63, 3.8) is 0 Å². The lowest BCUT2D eigenvalue weighted by Gasteiger charge is -2.39. The number of nitrogens with zero attached hydrogens (tertiary/aromatic N) is 1. The Kier molecular flexibility index (Phi) is 5.97. The molecular formula is C25H38F2N2O4. The lowest BCUT2D eigenvalue weighted by molar-refractivity contribution is -0.154. The summed E-state index contributed by atoms with van der Waals surface area (Å²) in [5, 5.41) is 3.34. The second kappa shape index (κ2) is 8.12. The Morgan fingerprint density at radius 1 is 1.15 bits per heavy atom. The quantitative estimate of drug-likeness (QED) is 0.466. The zero-order valence-corrected chi connectivity index (χ0v) is 20.7. The van der Waals surface area contributed by atoms with Gasteiger partial charge in [-0.15, -0.1) is 0 Å². The lowest BCUT2D eigenvalue weighted by atomic mass is 9.81. The number of carbonyl (C=O) groups is 2. The molecular weight excluding hydrogens is 430 g/mol. The normalized spacial score (nSPS) is 30.8. The van der Waals surface area contributed by atoms with Crippen LogP contribution in [0, 0.1) is 23.2 Å². The van der Waals surface area contributed by atoms with Crippen LogP contribution >= 0.6 is 0 Å². The number of piperidine rings is 1. The Morgan fingerprint density at radius 2 is 1.76 bits per heavy atom. The van der Waals surface area contributed by atoms with Crippen LogP contribution < -0.4 is 5.32 Å². The first kappa shape index (κ1) is 24.3. The smallest absolute Gasteiger partial charge is 0.328 e. The number of fused-ring (bicyclic) bond motifs is 1. The van der Waals surface area contributed by atoms with Crippen LogP contribution in [0.15, 0.2) is 11.5 Å². The SMILES string of the molecule is COC(=O)C1[C@@H]2[C@H](CN1C(=O)C(NC(OC(C)(C)C)=C1CC1)C1CCC(F)(F)CC1)C2(C)C. The van der Waals surface area contributed by atoms with Crippen molar-refractivity contribution in [2.75, 3.05) is 13.7 Å². The summed E-state index contributed by atoms with van der Waals surface area (Å²) >= 11 is 0. The molecule has 8 heteroatoms. The first-order valence-corrected chi connectivity index (χ1v) is 12.2. The molecule has 3 aliphatic carbocycles. The molecule has 4 aliphatic rings. The van der Waals surface area contributed by atoms with Crippen LogP contribution in [0.3, 0.4) is 0 Å². The number of halogens is 2. The molecule has 0 bridgehead atoms. The van der Waals surface area contributed by atoms with Crippen LogP contribution in [0.1, 0.15) is 73.1 Å². The average Bonchev–Trinajstić information content (AvgIpc) is 3.59. The lowest BCUT2D eigenvalue weighted by Crippen LogP contribution is -2.56. The highest BCUT2D eigenvalue weighted by Gasteiger charge is 2.70. The number of methoxy groups -OCH3 is 1. The van der Waals surface area contributed by atoms with Crippen molar-refractivity contribution in [2.45, 2.75) is 96.8 Å². The third-order valence-corrected chi connectivity index (χ3v) is 7.95. The number of esters is 1. The maximum absolute atomic E-state index is 13.9. The summed E-state index contributed by atoms with van der Waals surface area (Å²) in [6, 6.07) is -1.34. The van der Waals surface area contributed by atoms with Gasteiger partial charge in [-0.2, -0.15) is 0 Å². The molecule has 1 saturated heterocycles. The maximum atomic E-state index is 13.9. The Hall–Kier alpha value is -1.86. The summed E-state index contributed by atoms with van der Waals surface area (Å²) < 4.78 is 39.0. The highest BCUT2D eigenvalue weighted by Crippen LogP contribution is 2.65. The largest absolute Gasteiger partial charge is 0.474 e. The monoisotopic (exact) mass is 468 g/mol. The van der Waals surface area contributed by atoms with Gasteiger partial charge >= 0.3 is 5.97 Å². The van der Waals surface area contributed by atoms with Crippen molar-refractivity contribution in [2.24, 2.45) is 23.2 Å². The van der Waals surface area contributed by atoms with Crippen LogP contribution in [0.5, 0.6) is 0 Å². The predicted molar refractivity (Wildman–Crippen MR) is 119 cm³/mol. The third-order valence-electron chi connectivity index (χ3n) is 7.95. The van der Waals surface area contributed by atoms with Crippen LogP contribution in [-0.2, 0) is 19.1 Å². The number of allylic oxidation sites excluding steroid dienone is 1. The minimum absolute atomic E-state index is 0.0120. The first-order valence-electron chi connectivity index (χ1n) is 12.2. The molecule has 3 saturated carbocycles. The van der Waals surface area contributed by atoms with Crippen LogP contribution in [0.4, 0.5) is 8.78 Å². The molecule has 0 radical (unpaired) electrons. The minimum atomic E-state index is -2.68. The zero-order valence-electron chi connectivity index (χ0n) is 20.7. The van der Waals surface area contributed by atoms with E-state index in [1.165, 1.54) is 7.11 Å². The van der Waals surface area contributed by atoms with E-state index >= 15 is 0 Å². The maximum Gasteiger partial charge on any atom is 0.328 e. The summed E-state index contributed by atoms with van der Waals surface area (Å²) in [5.74, 6) is -2.64. The Balaban J connectivity index is 1.60. The van der Waals surface area contributed by atoms with Crippen molar-refractivity contribution in [3.8, 4) is 0 Å². The van der Waals surface area contributed by atoms with Gasteiger partial charge in [-0.25, -0.2) is 13.6 Å². The van der Waals surface area contributed by atoms with Crippen molar-refractivity contribution >= 4 is 11.9 Å². The van der Waals surface area contributed by atoms with Crippen LogP contribution in [0.2, 0.25) is 0 Å². The van der Waals surface area contributed by atoms with Gasteiger partial charge in [-0.05, 0) is 69.3 Å². The van der Waals surface area contributed by atoms with Crippen molar-refractivity contribution in [3.05, 3.63) is 11.5 Å². The van der Waals surface area contributed by atoms with Crippen LogP contribution in [-0.4, -0.2) is 54.0 Å². The topological polar surface area (TPSA) is 67.9 Å². The van der Waals surface area contributed by atoms with Gasteiger partial charge in [0.1, 0.15) is 17.7 Å². The van der Waals surface area contributed by atoms with Gasteiger partial charge in [0.25, 0.3) is 0 Å². The molecule has 33 heavy (non-hydrogen) atoms. The molecule has 4 atom stereocenters. The van der Waals surface area contributed by atoms with Gasteiger partial charge in [0.2, 0.25) is 11.8 Å². The molecule has 4 fully saturated rings. The number of ether oxygens (including phenoxy) is 2. The van der Waals surface area contributed by atoms with Gasteiger partial charge in [0.15, 0.2) is 5.88 Å². The molecule has 1 N–H and O–H groups in total. The standard InChI is InChI=1S/C25H38F2N2O4/c1-23(2,3)33-20(15-7-8-15)28-18(14-9-11-25(26,27)12-10-14)21(30)29-13-16-17(24(16,4)5)19(29)22(31)32-6/h14,16-19,28H,7-13H2,1-6H3/t16-,17-,18?,19?/m0/s1. The van der Waals surface area contributed by atoms with E-state index in [4.69, 9.17) is 9.47 Å². The number of hydrogen-bond donors (Lipinski definition) is 1. The summed E-state index contributed by atoms with van der Waals surface area (Å²) in [6.45, 7) is 10.6. The van der Waals surface area contributed by atoms with Gasteiger partial charge in [0.05, 0.1) is 7.11 Å². The first-order chi connectivity index (χ1) is 15.2. The second-order valence-corrected chi connectivity index (χ2v) is 11.9. The van der Waals surface area contributed by atoms with E-state index in [1.54, 1.807) is 4.90 Å². The highest BCUT2D eigenvalue weighted by molar-refractivity contribution is 5.89. The molecule has 186 valence electrons. The zero-order chi connectivity index (χ0) is 24.3. The van der Waals surface area contributed by atoms with E-state index in [2.05, 4.69) is 19.2 Å². The molecule has 4 rings (SSSR count). The number of alkyl halides is 2. The highest BCUT2D eigenvalue weighted by atomic mass is 19.3. The summed E-state index contributed by atoms with van der Waals surface area (Å²) in [4.78, 5) is 28.3. The number of hydrogen-bond acceptors (Lipinski definition) is 5. The molecule has 0 aromatic carbocycles. The number of carbonyl (C=O) groups excluding carboxylic acids is 2. The summed E-state index contributed by atoms with van der Waals surface area (Å²) in [7, 11) is 1.35. The van der Waals surface area contributed by atoms with Gasteiger partial charge in [-0.1, -0.05) is 13.8 Å². The average molecular weight is 469 g/mol. The van der Waals surface area contributed by atoms with Crippen molar-refractivity contribution in [1.82, 2.24) is 10.2 Å². The van der Waals surface area contributed by atoms with Crippen molar-refractivity contribution < 1.29 is 27.8 Å². The van der Waals surface area contributed by atoms with E-state index in [1.807, 2.05) is 20.8 Å². The van der Waals surface area contributed by atoms with E-state index in [-0.39, 0.29) is 54.8 Å². The van der Waals surface area contributed by atoms with E-state index < -0.39 is 29.6 Å². The molecule has 1 amide bonds. The molecule has 1 aliphatic heterocycles. The number of likely N-dealkylation sites (tertiary alicyclic amines) is 1. The van der Waals surface area contributed by atoms with E-state index in [0.29, 0.717) is 12.4 Å². The summed E-state index contributed by atoms with van der Waals surface area (Å²) in [6.07, 6.45) is 1.85. The van der Waals surface area contributed by atoms with E-state index in [0.717, 1.165) is 18.4 Å². The predicted octanol–water partition coefficient (Wildman–Crippen LogP) is 4.25. The Morgan fingerprint density at radius 3 is 2.27 bits per heavy atom. The fourth-order valence-electron chi connectivity index (χ4n) is 5.80. The number of amides is 1. The number of nitrogens with one attached hydrogen (secondary N) is 1. The second-order valence-electron chi connectivity index (χ2n) is 11.9. The minimum Gasteiger partial charge on any atom is -0.474 e. The van der Waals surface area contributed by atoms with Crippen molar-refractivity contribution in [1.29, 1.82) is 0 Å². The van der Waals surface area contributed by atoms with Gasteiger partial charge in [-0.3, -0.25) is 4.79 Å². The molecule has 1 heterocycles. The molecule has 0 aromatic rings. The molecule has 6 nitrogen and oxygen atoms in total. The molecule has 0 aromatic heterocycles. The fourth-order valence-corrected chi connectivity index (χ4v) is 5.80. The van der Waals surface area contributed by atoms with Gasteiger partial charge < -0.3 is 19.7 Å². The summed E-state index contributed by atoms with van der Waals surface area (Å²) in [5.41, 5.74) is 0.639. The Bertz CT molecular complexity index is 832. The molecule has 0 spiro atoms. The Labute approximate surface area is 195 Å². The van der Waals surface area contributed by atoms with Gasteiger partial charge in [0, 0.05) is 25.3 Å². The third kappa shape index (κ3) is 4.85.